The first-order valence-corrected chi connectivity index (χ1v) is 28.6. The molecule has 76 heavy (non-hydrogen) atoms. The lowest BCUT2D eigenvalue weighted by Gasteiger charge is -2.48. The Morgan fingerprint density at radius 2 is 1.62 bits per heavy atom. The van der Waals surface area contributed by atoms with Crippen LogP contribution in [0.1, 0.15) is 133 Å². The van der Waals surface area contributed by atoms with Crippen molar-refractivity contribution in [1.29, 1.82) is 0 Å². The van der Waals surface area contributed by atoms with Crippen LogP contribution in [-0.2, 0) is 24.6 Å². The summed E-state index contributed by atoms with van der Waals surface area (Å²) in [5.41, 5.74) is 5.67. The van der Waals surface area contributed by atoms with E-state index in [-0.39, 0.29) is 53.4 Å². The van der Waals surface area contributed by atoms with Crippen LogP contribution < -0.4 is 20.4 Å². The maximum absolute atomic E-state index is 15.3. The third-order valence-electron chi connectivity index (χ3n) is 18.8. The average molecular weight is 1030 g/mol. The molecule has 4 saturated heterocycles. The van der Waals surface area contributed by atoms with Crippen molar-refractivity contribution < 1.29 is 23.6 Å². The van der Waals surface area contributed by atoms with Crippen molar-refractivity contribution in [3.63, 3.8) is 0 Å². The Labute approximate surface area is 446 Å². The zero-order valence-corrected chi connectivity index (χ0v) is 44.6. The smallest absolute Gasteiger partial charge is 0.238 e. The number of hydrogen-bond acceptors (Lipinski definition) is 11. The first kappa shape index (κ1) is 50.6. The van der Waals surface area contributed by atoms with Gasteiger partial charge in [-0.3, -0.25) is 24.5 Å². The van der Waals surface area contributed by atoms with Gasteiger partial charge in [-0.25, -0.2) is 19.3 Å². The summed E-state index contributed by atoms with van der Waals surface area (Å²) in [7, 11) is 2.11. The fourth-order valence-electron chi connectivity index (χ4n) is 14.1. The Kier molecular flexibility index (Phi) is 13.9. The molecule has 2 N–H and O–H groups in total. The van der Waals surface area contributed by atoms with Crippen LogP contribution in [-0.4, -0.2) is 129 Å². The predicted molar refractivity (Wildman–Crippen MR) is 293 cm³/mol. The van der Waals surface area contributed by atoms with Gasteiger partial charge in [-0.1, -0.05) is 36.8 Å². The number of imidazole rings is 1. The minimum Gasteiger partial charge on any atom is -0.357 e. The molecule has 8 heterocycles. The Morgan fingerprint density at radius 3 is 2.33 bits per heavy atom. The molecule has 2 saturated carbocycles. The van der Waals surface area contributed by atoms with Crippen molar-refractivity contribution in [1.82, 2.24) is 39.5 Å². The molecular weight excluding hydrogens is 958 g/mol. The van der Waals surface area contributed by atoms with E-state index in [2.05, 4.69) is 78.8 Å². The van der Waals surface area contributed by atoms with Gasteiger partial charge in [0.1, 0.15) is 17.2 Å². The quantitative estimate of drug-likeness (QED) is 0.115. The number of carbonyl (C=O) groups is 4. The average Bonchev–Trinajstić information content (AvgIpc) is 4.08. The van der Waals surface area contributed by atoms with Crippen molar-refractivity contribution in [3.05, 3.63) is 90.1 Å². The number of piperidine rings is 4. The summed E-state index contributed by atoms with van der Waals surface area (Å²) >= 11 is 0. The molecule has 15 nitrogen and oxygen atoms in total. The van der Waals surface area contributed by atoms with E-state index in [9.17, 15) is 14.4 Å². The number of aromatic nitrogens is 4. The lowest BCUT2D eigenvalue weighted by atomic mass is 9.72. The fraction of sp³-hybridized carbons (Fsp3) is 0.550. The van der Waals surface area contributed by atoms with Crippen molar-refractivity contribution >= 4 is 57.7 Å². The van der Waals surface area contributed by atoms with Gasteiger partial charge in [-0.15, -0.1) is 0 Å². The van der Waals surface area contributed by atoms with Gasteiger partial charge < -0.3 is 34.4 Å². The number of anilines is 4. The summed E-state index contributed by atoms with van der Waals surface area (Å²) in [5.74, 6) is 1.34. The predicted octanol–water partition coefficient (Wildman–Crippen LogP) is 9.11. The molecule has 3 aromatic heterocycles. The number of nitrogens with one attached hydrogen (secondary N) is 2. The number of likely N-dealkylation sites (tertiary alicyclic amines) is 3. The van der Waals surface area contributed by atoms with E-state index in [4.69, 9.17) is 15.0 Å². The maximum Gasteiger partial charge on any atom is 0.238 e. The molecule has 5 aromatic rings. The summed E-state index contributed by atoms with van der Waals surface area (Å²) in [4.78, 5) is 80.2. The second-order valence-electron chi connectivity index (χ2n) is 23.6. The molecule has 2 aromatic carbocycles. The highest BCUT2D eigenvalue weighted by molar-refractivity contribution is 6.09. The lowest BCUT2D eigenvalue weighted by molar-refractivity contribution is -0.140. The van der Waals surface area contributed by atoms with Crippen molar-refractivity contribution in [2.75, 3.05) is 68.0 Å². The molecule has 0 bridgehead atoms. The third kappa shape index (κ3) is 9.55. The van der Waals surface area contributed by atoms with Gasteiger partial charge in [-0.05, 0) is 158 Å². The maximum atomic E-state index is 15.3. The van der Waals surface area contributed by atoms with Crippen LogP contribution in [0.15, 0.2) is 73.2 Å². The number of para-hydroxylation sites is 1. The zero-order chi connectivity index (χ0) is 52.2. The first-order chi connectivity index (χ1) is 36.9. The molecule has 12 rings (SSSR count). The SMILES string of the molecule is CC(C)n1cnc2cc(-c3ccc4c(c3)N(C3CC(N5CCCCC5)C3)C(=O)C43CCN(C(=O)C4CCC(CN5CCC(N(C)c6ccc(C7CCC(=O)NC7=O)cn6)CC5)CC4)CC3)nc(Nc3ccccc3F)c21. The summed E-state index contributed by atoms with van der Waals surface area (Å²) in [6, 6.07) is 20.1. The molecule has 4 amide bonds. The molecular formula is C60H74FN11O4. The van der Waals surface area contributed by atoms with Crippen molar-refractivity contribution in [3.8, 4) is 11.3 Å². The highest BCUT2D eigenvalue weighted by Gasteiger charge is 2.56. The number of nitrogens with zero attached hydrogens (tertiary/aromatic N) is 9. The van der Waals surface area contributed by atoms with Crippen LogP contribution >= 0.6 is 0 Å². The Morgan fingerprint density at radius 1 is 0.855 bits per heavy atom. The molecule has 5 aliphatic heterocycles. The van der Waals surface area contributed by atoms with E-state index in [0.29, 0.717) is 74.0 Å². The van der Waals surface area contributed by atoms with Crippen LogP contribution in [0, 0.1) is 17.7 Å². The number of rotatable bonds is 12. The van der Waals surface area contributed by atoms with Gasteiger partial charge >= 0.3 is 0 Å². The summed E-state index contributed by atoms with van der Waals surface area (Å²) in [6.45, 7) is 10.7. The molecule has 1 spiro atoms. The van der Waals surface area contributed by atoms with Gasteiger partial charge in [0.25, 0.3) is 0 Å². The number of imide groups is 1. The van der Waals surface area contributed by atoms with E-state index in [1.54, 1.807) is 24.4 Å². The topological polar surface area (TPSA) is 152 Å². The molecule has 7 aliphatic rings. The molecule has 400 valence electrons. The van der Waals surface area contributed by atoms with Crippen LogP contribution in [0.4, 0.5) is 27.4 Å². The third-order valence-corrected chi connectivity index (χ3v) is 18.8. The zero-order valence-electron chi connectivity index (χ0n) is 44.6. The Hall–Kier alpha value is -6.26. The highest BCUT2D eigenvalue weighted by atomic mass is 19.1. The van der Waals surface area contributed by atoms with E-state index in [1.165, 1.54) is 25.3 Å². The number of carbonyl (C=O) groups excluding carboxylic acids is 4. The molecule has 1 atom stereocenters. The van der Waals surface area contributed by atoms with Gasteiger partial charge in [0, 0.05) is 93.7 Å². The minimum absolute atomic E-state index is 0.0282. The van der Waals surface area contributed by atoms with Crippen molar-refractivity contribution in [2.24, 2.45) is 11.8 Å². The van der Waals surface area contributed by atoms with Crippen molar-refractivity contribution in [2.45, 2.75) is 146 Å². The lowest BCUT2D eigenvalue weighted by Crippen LogP contribution is -2.58. The van der Waals surface area contributed by atoms with E-state index < -0.39 is 5.41 Å². The first-order valence-electron chi connectivity index (χ1n) is 28.6. The summed E-state index contributed by atoms with van der Waals surface area (Å²) < 4.78 is 17.2. The van der Waals surface area contributed by atoms with Crippen LogP contribution in [0.5, 0.6) is 0 Å². The molecule has 16 heteroatoms. The standard InChI is InChI=1S/C60H74FN11O4/c1-38(2)71-37-63-51-34-50(65-56(55(51)71)64-49-10-6-5-9-48(49)61)41-15-18-47-52(31-41)72(45-32-44(33-45)69-25-7-4-8-26-69)59(76)60(47)23-29-70(30-24-60)58(75)40-13-11-39(12-14-40)36-68-27-21-43(22-28-68)67(3)53-19-16-42(35-62-53)46-17-20-54(73)66-57(46)74/h5-6,9-10,15-16,18-19,31,34-35,37-40,43-46H,4,7-8,11-14,17,20-30,32-33,36H2,1-3H3,(H,64,65)(H,66,73,74). The highest BCUT2D eigenvalue weighted by Crippen LogP contribution is 2.52. The van der Waals surface area contributed by atoms with E-state index in [1.807, 2.05) is 24.5 Å². The van der Waals surface area contributed by atoms with Gasteiger partial charge in [0.15, 0.2) is 5.82 Å². The van der Waals surface area contributed by atoms with Crippen LogP contribution in [0.3, 0.4) is 0 Å². The normalized spacial score (nSPS) is 25.5. The number of benzene rings is 2. The van der Waals surface area contributed by atoms with Gasteiger partial charge in [-0.2, -0.15) is 0 Å². The fourth-order valence-corrected chi connectivity index (χ4v) is 14.1. The molecule has 6 fully saturated rings. The molecule has 1 unspecified atom stereocenters. The number of pyridine rings is 2. The number of hydrogen-bond donors (Lipinski definition) is 2. The minimum atomic E-state index is -0.690. The summed E-state index contributed by atoms with van der Waals surface area (Å²) in [5, 5.41) is 5.75. The van der Waals surface area contributed by atoms with Crippen LogP contribution in [0.25, 0.3) is 22.3 Å². The van der Waals surface area contributed by atoms with Gasteiger partial charge in [0.2, 0.25) is 23.6 Å². The van der Waals surface area contributed by atoms with E-state index >= 15 is 9.18 Å². The van der Waals surface area contributed by atoms with Crippen LogP contribution in [0.2, 0.25) is 0 Å². The van der Waals surface area contributed by atoms with Gasteiger partial charge in [0.05, 0.1) is 34.6 Å². The Bertz CT molecular complexity index is 2980. The largest absolute Gasteiger partial charge is 0.357 e. The second-order valence-corrected chi connectivity index (χ2v) is 23.6. The number of fused-ring (bicyclic) bond motifs is 3. The van der Waals surface area contributed by atoms with E-state index in [0.717, 1.165) is 123 Å². The monoisotopic (exact) mass is 1030 g/mol. The Balaban J connectivity index is 0.693. The second kappa shape index (κ2) is 20.9. The molecule has 2 aliphatic carbocycles. The summed E-state index contributed by atoms with van der Waals surface area (Å²) in [6.07, 6.45) is 17.5. The number of amides is 4. The molecule has 0 radical (unpaired) electrons. The number of halogens is 1.